The van der Waals surface area contributed by atoms with E-state index in [-0.39, 0.29) is 5.91 Å². The molecule has 6 heteroatoms. The molecule has 100 valence electrons. The molecule has 0 radical (unpaired) electrons. The fraction of sp³-hybridized carbons (Fsp3) is 0.667. The number of aromatic nitrogens is 1. The summed E-state index contributed by atoms with van der Waals surface area (Å²) in [5, 5.41) is 0.779. The predicted molar refractivity (Wildman–Crippen MR) is 75.2 cm³/mol. The molecule has 2 heterocycles. The molecule has 0 aromatic carbocycles. The fourth-order valence-electron chi connectivity index (χ4n) is 2.02. The van der Waals surface area contributed by atoms with Crippen molar-refractivity contribution in [2.45, 2.75) is 19.8 Å². The zero-order chi connectivity index (χ0) is 13.3. The largest absolute Gasteiger partial charge is 0.382 e. The second-order valence-electron chi connectivity index (χ2n) is 5.08. The third-order valence-electron chi connectivity index (χ3n) is 3.29. The normalized spacial score (nSPS) is 16.9. The van der Waals surface area contributed by atoms with Gasteiger partial charge >= 0.3 is 0 Å². The van der Waals surface area contributed by atoms with Crippen LogP contribution in [0.15, 0.2) is 0 Å². The average Bonchev–Trinajstić information content (AvgIpc) is 2.71. The van der Waals surface area contributed by atoms with Gasteiger partial charge in [0.05, 0.1) is 0 Å². The quantitative estimate of drug-likeness (QED) is 0.886. The summed E-state index contributed by atoms with van der Waals surface area (Å²) in [6, 6.07) is 0. The van der Waals surface area contributed by atoms with Gasteiger partial charge in [0, 0.05) is 27.2 Å². The molecule has 0 unspecified atom stereocenters. The van der Waals surface area contributed by atoms with E-state index in [0.29, 0.717) is 16.6 Å². The molecule has 1 amide bonds. The number of carbonyl (C=O) groups is 1. The number of nitrogens with zero attached hydrogens (tertiary/aromatic N) is 3. The smallest absolute Gasteiger partial charge is 0.267 e. The van der Waals surface area contributed by atoms with Gasteiger partial charge in [-0.15, -0.1) is 0 Å². The molecule has 5 nitrogen and oxygen atoms in total. The van der Waals surface area contributed by atoms with Crippen LogP contribution < -0.4 is 10.6 Å². The van der Waals surface area contributed by atoms with Crippen molar-refractivity contribution in [3.63, 3.8) is 0 Å². The van der Waals surface area contributed by atoms with E-state index in [1.807, 2.05) is 23.9 Å². The topological polar surface area (TPSA) is 62.5 Å². The first-order valence-corrected chi connectivity index (χ1v) is 7.03. The molecule has 1 aromatic rings. The number of anilines is 2. The molecule has 2 N–H and O–H groups in total. The molecular weight excluding hydrogens is 248 g/mol. The number of hydrogen-bond donors (Lipinski definition) is 1. The van der Waals surface area contributed by atoms with Gasteiger partial charge in [0.25, 0.3) is 5.91 Å². The van der Waals surface area contributed by atoms with E-state index in [9.17, 15) is 4.79 Å². The summed E-state index contributed by atoms with van der Waals surface area (Å²) < 4.78 is 0. The standard InChI is InChI=1S/C12H20N4OS/c1-8-4-6-16(7-5-8)11(17)9-10(13)14-12(18-9)15(2)3/h8H,4-7,13H2,1-3H3. The lowest BCUT2D eigenvalue weighted by atomic mass is 9.99. The summed E-state index contributed by atoms with van der Waals surface area (Å²) in [5.41, 5.74) is 5.84. The summed E-state index contributed by atoms with van der Waals surface area (Å²) in [4.78, 5) is 20.9. The van der Waals surface area contributed by atoms with Crippen LogP contribution >= 0.6 is 11.3 Å². The molecule has 0 atom stereocenters. The van der Waals surface area contributed by atoms with Crippen LogP contribution in [0.2, 0.25) is 0 Å². The molecular formula is C12H20N4OS. The third kappa shape index (κ3) is 2.58. The fourth-order valence-corrected chi connectivity index (χ4v) is 2.90. The summed E-state index contributed by atoms with van der Waals surface area (Å²) >= 11 is 1.37. The van der Waals surface area contributed by atoms with Crippen LogP contribution in [-0.2, 0) is 0 Å². The molecule has 1 aromatic heterocycles. The van der Waals surface area contributed by atoms with Crippen molar-refractivity contribution in [3.05, 3.63) is 4.88 Å². The molecule has 1 saturated heterocycles. The third-order valence-corrected chi connectivity index (χ3v) is 4.52. The summed E-state index contributed by atoms with van der Waals surface area (Å²) in [6.07, 6.45) is 2.15. The number of likely N-dealkylation sites (tertiary alicyclic amines) is 1. The van der Waals surface area contributed by atoms with Crippen LogP contribution in [0, 0.1) is 5.92 Å². The highest BCUT2D eigenvalue weighted by Crippen LogP contribution is 2.29. The van der Waals surface area contributed by atoms with Crippen LogP contribution in [0.25, 0.3) is 0 Å². The Labute approximate surface area is 112 Å². The summed E-state index contributed by atoms with van der Waals surface area (Å²) in [5.74, 6) is 1.10. The van der Waals surface area contributed by atoms with Crippen LogP contribution in [0.3, 0.4) is 0 Å². The van der Waals surface area contributed by atoms with Gasteiger partial charge in [0.2, 0.25) is 0 Å². The van der Waals surface area contributed by atoms with Gasteiger partial charge in [-0.05, 0) is 18.8 Å². The Bertz CT molecular complexity index is 435. The lowest BCUT2D eigenvalue weighted by Gasteiger charge is -2.29. The number of piperidine rings is 1. The molecule has 1 fully saturated rings. The Balaban J connectivity index is 2.13. The van der Waals surface area contributed by atoms with Crippen molar-refractivity contribution >= 4 is 28.2 Å². The molecule has 0 bridgehead atoms. The number of hydrogen-bond acceptors (Lipinski definition) is 5. The Morgan fingerprint density at radius 1 is 1.44 bits per heavy atom. The lowest BCUT2D eigenvalue weighted by Crippen LogP contribution is -2.37. The van der Waals surface area contributed by atoms with Crippen molar-refractivity contribution in [1.82, 2.24) is 9.88 Å². The van der Waals surface area contributed by atoms with E-state index in [1.165, 1.54) is 11.3 Å². The molecule has 1 aliphatic heterocycles. The van der Waals surface area contributed by atoms with Gasteiger partial charge in [-0.3, -0.25) is 4.79 Å². The minimum Gasteiger partial charge on any atom is -0.382 e. The monoisotopic (exact) mass is 268 g/mol. The average molecular weight is 268 g/mol. The van der Waals surface area contributed by atoms with E-state index in [4.69, 9.17) is 5.73 Å². The predicted octanol–water partition coefficient (Wildman–Crippen LogP) is 1.66. The first-order chi connectivity index (χ1) is 8.49. The first-order valence-electron chi connectivity index (χ1n) is 6.22. The van der Waals surface area contributed by atoms with Gasteiger partial charge in [0.15, 0.2) is 5.13 Å². The molecule has 1 aliphatic rings. The number of thiazole rings is 1. The second kappa shape index (κ2) is 5.14. The molecule has 2 rings (SSSR count). The van der Waals surface area contributed by atoms with Crippen LogP contribution in [-0.4, -0.2) is 43.0 Å². The molecule has 18 heavy (non-hydrogen) atoms. The number of rotatable bonds is 2. The van der Waals surface area contributed by atoms with Gasteiger partial charge in [0.1, 0.15) is 10.7 Å². The Kier molecular flexibility index (Phi) is 3.75. The summed E-state index contributed by atoms with van der Waals surface area (Å²) in [6.45, 7) is 3.89. The van der Waals surface area contributed by atoms with E-state index in [2.05, 4.69) is 11.9 Å². The highest BCUT2D eigenvalue weighted by atomic mass is 32.1. The van der Waals surface area contributed by atoms with Crippen molar-refractivity contribution in [1.29, 1.82) is 0 Å². The van der Waals surface area contributed by atoms with Crippen LogP contribution in [0.5, 0.6) is 0 Å². The van der Waals surface area contributed by atoms with E-state index in [1.54, 1.807) is 0 Å². The minimum absolute atomic E-state index is 0.0324. The van der Waals surface area contributed by atoms with Crippen molar-refractivity contribution < 1.29 is 4.79 Å². The maximum Gasteiger partial charge on any atom is 0.267 e. The first kappa shape index (κ1) is 13.1. The Hall–Kier alpha value is -1.30. The molecule has 0 spiro atoms. The molecule has 0 saturated carbocycles. The maximum atomic E-state index is 12.4. The minimum atomic E-state index is 0.0324. The number of nitrogen functional groups attached to an aromatic ring is 1. The van der Waals surface area contributed by atoms with Crippen LogP contribution in [0.1, 0.15) is 29.4 Å². The Morgan fingerprint density at radius 3 is 2.56 bits per heavy atom. The highest BCUT2D eigenvalue weighted by Gasteiger charge is 2.25. The van der Waals surface area contributed by atoms with Gasteiger partial charge in [-0.2, -0.15) is 0 Å². The SMILES string of the molecule is CC1CCN(C(=O)c2sc(N(C)C)nc2N)CC1. The lowest BCUT2D eigenvalue weighted by molar-refractivity contribution is 0.0703. The van der Waals surface area contributed by atoms with Crippen molar-refractivity contribution in [3.8, 4) is 0 Å². The van der Waals surface area contributed by atoms with Crippen molar-refractivity contribution in [2.24, 2.45) is 5.92 Å². The highest BCUT2D eigenvalue weighted by molar-refractivity contribution is 7.18. The zero-order valence-corrected chi connectivity index (χ0v) is 12.0. The Morgan fingerprint density at radius 2 is 2.06 bits per heavy atom. The van der Waals surface area contributed by atoms with Crippen molar-refractivity contribution in [2.75, 3.05) is 37.8 Å². The van der Waals surface area contributed by atoms with Gasteiger partial charge < -0.3 is 15.5 Å². The van der Waals surface area contributed by atoms with Gasteiger partial charge in [-0.25, -0.2) is 4.98 Å². The van der Waals surface area contributed by atoms with E-state index in [0.717, 1.165) is 31.1 Å². The van der Waals surface area contributed by atoms with Gasteiger partial charge in [-0.1, -0.05) is 18.3 Å². The van der Waals surface area contributed by atoms with Crippen LogP contribution in [0.4, 0.5) is 10.9 Å². The number of carbonyl (C=O) groups excluding carboxylic acids is 1. The number of nitrogens with two attached hydrogens (primary N) is 1. The summed E-state index contributed by atoms with van der Waals surface area (Å²) in [7, 11) is 3.80. The maximum absolute atomic E-state index is 12.4. The number of amides is 1. The zero-order valence-electron chi connectivity index (χ0n) is 11.1. The molecule has 0 aliphatic carbocycles. The van der Waals surface area contributed by atoms with E-state index < -0.39 is 0 Å². The van der Waals surface area contributed by atoms with E-state index >= 15 is 0 Å². The second-order valence-corrected chi connectivity index (χ2v) is 6.06.